The topological polar surface area (TPSA) is 52.6 Å². The molecule has 0 aliphatic heterocycles. The van der Waals surface area contributed by atoms with Crippen molar-refractivity contribution in [3.8, 4) is 0 Å². The Balaban J connectivity index is 2.44. The van der Waals surface area contributed by atoms with Crippen LogP contribution < -0.4 is 0 Å². The van der Waals surface area contributed by atoms with Crippen molar-refractivity contribution in [1.82, 2.24) is 0 Å². The lowest BCUT2D eigenvalue weighted by atomic mass is 10.3. The van der Waals surface area contributed by atoms with Crippen molar-refractivity contribution in [2.75, 3.05) is 6.61 Å². The fraction of sp³-hybridized carbons (Fsp3) is 0.714. The van der Waals surface area contributed by atoms with Crippen LogP contribution in [0.5, 0.6) is 0 Å². The SMILES string of the molecule is CCOC(=O)C1(OC=O)CC1. The van der Waals surface area contributed by atoms with E-state index in [1.807, 2.05) is 0 Å². The van der Waals surface area contributed by atoms with Crippen LogP contribution in [0.25, 0.3) is 0 Å². The van der Waals surface area contributed by atoms with Gasteiger partial charge in [0, 0.05) is 12.8 Å². The van der Waals surface area contributed by atoms with Crippen LogP contribution in [0.1, 0.15) is 19.8 Å². The first-order chi connectivity index (χ1) is 5.25. The molecule has 0 aromatic rings. The summed E-state index contributed by atoms with van der Waals surface area (Å²) in [6.45, 7) is 2.33. The molecule has 1 saturated carbocycles. The minimum Gasteiger partial charge on any atom is -0.463 e. The van der Waals surface area contributed by atoms with Gasteiger partial charge in [0.25, 0.3) is 6.47 Å². The van der Waals surface area contributed by atoms with Crippen LogP contribution in [-0.4, -0.2) is 24.6 Å². The second-order valence-electron chi connectivity index (χ2n) is 2.43. The molecular weight excluding hydrogens is 148 g/mol. The molecule has 4 heteroatoms. The van der Waals surface area contributed by atoms with Crippen LogP contribution in [-0.2, 0) is 19.1 Å². The van der Waals surface area contributed by atoms with Gasteiger partial charge >= 0.3 is 5.97 Å². The summed E-state index contributed by atoms with van der Waals surface area (Å²) in [6.07, 6.45) is 1.18. The lowest BCUT2D eigenvalue weighted by Crippen LogP contribution is -2.28. The molecule has 0 aromatic carbocycles. The molecule has 1 aliphatic rings. The highest BCUT2D eigenvalue weighted by Crippen LogP contribution is 2.39. The number of ether oxygens (including phenoxy) is 2. The number of hydrogen-bond donors (Lipinski definition) is 0. The average molecular weight is 158 g/mol. The van der Waals surface area contributed by atoms with E-state index in [2.05, 4.69) is 4.74 Å². The molecular formula is C7H10O4. The standard InChI is InChI=1S/C7H10O4/c1-2-10-6(9)7(3-4-7)11-5-8/h5H,2-4H2,1H3. The monoisotopic (exact) mass is 158 g/mol. The van der Waals surface area contributed by atoms with Gasteiger partial charge in [-0.2, -0.15) is 0 Å². The van der Waals surface area contributed by atoms with Gasteiger partial charge in [-0.1, -0.05) is 0 Å². The van der Waals surface area contributed by atoms with Crippen LogP contribution in [0, 0.1) is 0 Å². The summed E-state index contributed by atoms with van der Waals surface area (Å²) >= 11 is 0. The number of rotatable bonds is 4. The predicted octanol–water partition coefficient (Wildman–Crippen LogP) is 0.255. The van der Waals surface area contributed by atoms with Gasteiger partial charge in [-0.15, -0.1) is 0 Å². The first kappa shape index (κ1) is 8.04. The maximum absolute atomic E-state index is 11.0. The summed E-state index contributed by atoms with van der Waals surface area (Å²) in [6, 6.07) is 0. The van der Waals surface area contributed by atoms with Gasteiger partial charge in [-0.3, -0.25) is 4.79 Å². The van der Waals surface area contributed by atoms with Crippen LogP contribution in [0.15, 0.2) is 0 Å². The van der Waals surface area contributed by atoms with Crippen LogP contribution in [0.4, 0.5) is 0 Å². The molecule has 0 saturated heterocycles. The molecule has 0 atom stereocenters. The van der Waals surface area contributed by atoms with Gasteiger partial charge < -0.3 is 9.47 Å². The first-order valence-corrected chi connectivity index (χ1v) is 3.54. The third kappa shape index (κ3) is 1.50. The molecule has 62 valence electrons. The van der Waals surface area contributed by atoms with Crippen LogP contribution in [0.2, 0.25) is 0 Å². The molecule has 1 fully saturated rings. The fourth-order valence-electron chi connectivity index (χ4n) is 0.838. The summed E-state index contributed by atoms with van der Waals surface area (Å²) in [5.41, 5.74) is -0.919. The zero-order valence-corrected chi connectivity index (χ0v) is 6.33. The van der Waals surface area contributed by atoms with Crippen molar-refractivity contribution in [2.45, 2.75) is 25.4 Å². The first-order valence-electron chi connectivity index (χ1n) is 3.54. The maximum Gasteiger partial charge on any atom is 0.350 e. The lowest BCUT2D eigenvalue weighted by molar-refractivity contribution is -0.164. The van der Waals surface area contributed by atoms with E-state index in [0.29, 0.717) is 25.9 Å². The molecule has 11 heavy (non-hydrogen) atoms. The normalized spacial score (nSPS) is 18.6. The van der Waals surface area contributed by atoms with E-state index >= 15 is 0 Å². The second-order valence-corrected chi connectivity index (χ2v) is 2.43. The van der Waals surface area contributed by atoms with Crippen molar-refractivity contribution in [3.63, 3.8) is 0 Å². The van der Waals surface area contributed by atoms with Gasteiger partial charge in [0.05, 0.1) is 6.61 Å². The van der Waals surface area contributed by atoms with E-state index in [9.17, 15) is 9.59 Å². The van der Waals surface area contributed by atoms with Crippen LogP contribution in [0.3, 0.4) is 0 Å². The fourth-order valence-corrected chi connectivity index (χ4v) is 0.838. The zero-order chi connectivity index (χ0) is 8.32. The zero-order valence-electron chi connectivity index (χ0n) is 6.33. The maximum atomic E-state index is 11.0. The Labute approximate surface area is 64.5 Å². The summed E-state index contributed by atoms with van der Waals surface area (Å²) < 4.78 is 9.30. The van der Waals surface area contributed by atoms with Crippen molar-refractivity contribution >= 4 is 12.4 Å². The molecule has 0 heterocycles. The van der Waals surface area contributed by atoms with E-state index in [4.69, 9.17) is 4.74 Å². The molecule has 0 spiro atoms. The second kappa shape index (κ2) is 2.90. The van der Waals surface area contributed by atoms with Crippen molar-refractivity contribution < 1.29 is 19.1 Å². The van der Waals surface area contributed by atoms with Gasteiger partial charge in [-0.25, -0.2) is 4.79 Å². The number of esters is 1. The predicted molar refractivity (Wildman–Crippen MR) is 35.7 cm³/mol. The van der Waals surface area contributed by atoms with E-state index < -0.39 is 11.6 Å². The molecule has 0 radical (unpaired) electrons. The van der Waals surface area contributed by atoms with Crippen molar-refractivity contribution in [2.24, 2.45) is 0 Å². The molecule has 0 N–H and O–H groups in total. The molecule has 0 aromatic heterocycles. The molecule has 1 aliphatic carbocycles. The summed E-state index contributed by atoms with van der Waals surface area (Å²) in [5.74, 6) is -0.424. The summed E-state index contributed by atoms with van der Waals surface area (Å²) in [5, 5.41) is 0. The minimum atomic E-state index is -0.919. The van der Waals surface area contributed by atoms with E-state index in [0.717, 1.165) is 0 Å². The largest absolute Gasteiger partial charge is 0.463 e. The third-order valence-corrected chi connectivity index (χ3v) is 1.63. The highest BCUT2D eigenvalue weighted by molar-refractivity contribution is 5.84. The Kier molecular flexibility index (Phi) is 2.12. The van der Waals surface area contributed by atoms with Gasteiger partial charge in [-0.05, 0) is 6.92 Å². The van der Waals surface area contributed by atoms with Crippen molar-refractivity contribution in [3.05, 3.63) is 0 Å². The molecule has 0 bridgehead atoms. The summed E-state index contributed by atoms with van der Waals surface area (Å²) in [7, 11) is 0. The minimum absolute atomic E-state index is 0.296. The number of carbonyl (C=O) groups is 2. The smallest absolute Gasteiger partial charge is 0.350 e. The van der Waals surface area contributed by atoms with Crippen LogP contribution >= 0.6 is 0 Å². The Hall–Kier alpha value is -1.06. The third-order valence-electron chi connectivity index (χ3n) is 1.63. The van der Waals surface area contributed by atoms with E-state index in [1.54, 1.807) is 6.92 Å². The van der Waals surface area contributed by atoms with Gasteiger partial charge in [0.1, 0.15) is 0 Å². The number of hydrogen-bond acceptors (Lipinski definition) is 4. The quantitative estimate of drug-likeness (QED) is 0.435. The summed E-state index contributed by atoms with van der Waals surface area (Å²) in [4.78, 5) is 21.0. The Morgan fingerprint density at radius 1 is 1.64 bits per heavy atom. The molecule has 4 nitrogen and oxygen atoms in total. The van der Waals surface area contributed by atoms with E-state index in [-0.39, 0.29) is 0 Å². The van der Waals surface area contributed by atoms with Gasteiger partial charge in [0.15, 0.2) is 0 Å². The Morgan fingerprint density at radius 2 is 2.27 bits per heavy atom. The van der Waals surface area contributed by atoms with E-state index in [1.165, 1.54) is 0 Å². The number of carbonyl (C=O) groups excluding carboxylic acids is 2. The van der Waals surface area contributed by atoms with Crippen molar-refractivity contribution in [1.29, 1.82) is 0 Å². The highest BCUT2D eigenvalue weighted by Gasteiger charge is 2.54. The molecule has 1 rings (SSSR count). The highest BCUT2D eigenvalue weighted by atomic mass is 16.6. The lowest BCUT2D eigenvalue weighted by Gasteiger charge is -2.10. The van der Waals surface area contributed by atoms with Gasteiger partial charge in [0.2, 0.25) is 5.60 Å². The Bertz CT molecular complexity index is 171. The Morgan fingerprint density at radius 3 is 2.64 bits per heavy atom. The molecule has 0 amide bonds. The average Bonchev–Trinajstić information content (AvgIpc) is 2.71. The molecule has 0 unspecified atom stereocenters.